The van der Waals surface area contributed by atoms with E-state index in [4.69, 9.17) is 0 Å². The number of hydrogen-bond donors (Lipinski definition) is 2. The molecule has 2 bridgehead atoms. The molecule has 0 spiro atoms. The van der Waals surface area contributed by atoms with Gasteiger partial charge in [0.25, 0.3) is 11.5 Å². The van der Waals surface area contributed by atoms with Gasteiger partial charge in [-0.05, 0) is 91.3 Å². The van der Waals surface area contributed by atoms with Crippen LogP contribution in [0.5, 0.6) is 0 Å². The number of carbonyl (C=O) groups excluding carboxylic acids is 1. The largest absolute Gasteiger partial charge is 0.378 e. The summed E-state index contributed by atoms with van der Waals surface area (Å²) in [6.45, 7) is 1.86. The normalized spacial score (nSPS) is 24.9. The number of amides is 1. The van der Waals surface area contributed by atoms with Gasteiger partial charge in [-0.1, -0.05) is 48.5 Å². The average molecular weight is 505 g/mol. The molecule has 0 radical (unpaired) electrons. The van der Waals surface area contributed by atoms with E-state index in [-0.39, 0.29) is 11.5 Å². The Balaban J connectivity index is 1.22. The van der Waals surface area contributed by atoms with Crippen molar-refractivity contribution in [1.82, 2.24) is 9.36 Å². The van der Waals surface area contributed by atoms with Gasteiger partial charge in [-0.3, -0.25) is 14.3 Å². The van der Waals surface area contributed by atoms with Gasteiger partial charge in [0, 0.05) is 18.3 Å². The van der Waals surface area contributed by atoms with Crippen molar-refractivity contribution in [2.75, 3.05) is 10.6 Å². The van der Waals surface area contributed by atoms with Crippen LogP contribution < -0.4 is 16.2 Å². The molecular formula is C32H32N4O2. The maximum atomic E-state index is 13.5. The van der Waals surface area contributed by atoms with Crippen molar-refractivity contribution in [1.29, 1.82) is 0 Å². The molecule has 1 amide bonds. The molecular weight excluding hydrogens is 472 g/mol. The van der Waals surface area contributed by atoms with Gasteiger partial charge in [0.05, 0.1) is 17.4 Å². The number of carbonyl (C=O) groups is 1. The summed E-state index contributed by atoms with van der Waals surface area (Å²) in [6.07, 6.45) is 3.84. The lowest BCUT2D eigenvalue weighted by molar-refractivity contribution is 0.102. The van der Waals surface area contributed by atoms with Crippen molar-refractivity contribution in [3.8, 4) is 5.69 Å². The Labute approximate surface area is 222 Å². The predicted molar refractivity (Wildman–Crippen MR) is 150 cm³/mol. The van der Waals surface area contributed by atoms with Crippen molar-refractivity contribution >= 4 is 17.3 Å². The van der Waals surface area contributed by atoms with E-state index in [0.717, 1.165) is 17.3 Å². The van der Waals surface area contributed by atoms with Crippen LogP contribution in [0.25, 0.3) is 5.69 Å². The van der Waals surface area contributed by atoms with E-state index in [1.54, 1.807) is 9.36 Å². The zero-order chi connectivity index (χ0) is 26.0. The van der Waals surface area contributed by atoms with E-state index < -0.39 is 0 Å². The molecule has 3 aliphatic rings. The molecule has 38 heavy (non-hydrogen) atoms. The lowest BCUT2D eigenvalue weighted by Gasteiger charge is -2.43. The predicted octanol–water partition coefficient (Wildman–Crippen LogP) is 6.03. The van der Waals surface area contributed by atoms with Gasteiger partial charge < -0.3 is 10.6 Å². The number of anilines is 2. The molecule has 2 aliphatic carbocycles. The van der Waals surface area contributed by atoms with E-state index in [1.807, 2.05) is 50.4 Å². The highest BCUT2D eigenvalue weighted by molar-refractivity contribution is 6.05. The number of hydrogen-bond acceptors (Lipinski definition) is 3. The Morgan fingerprint density at radius 2 is 1.66 bits per heavy atom. The Hall–Kier alpha value is -4.06. The van der Waals surface area contributed by atoms with Crippen molar-refractivity contribution in [3.05, 3.63) is 112 Å². The van der Waals surface area contributed by atoms with Crippen LogP contribution in [0.1, 0.15) is 58.4 Å². The Morgan fingerprint density at radius 1 is 0.947 bits per heavy atom. The highest BCUT2D eigenvalue weighted by Crippen LogP contribution is 2.63. The highest BCUT2D eigenvalue weighted by Gasteiger charge is 2.53. The van der Waals surface area contributed by atoms with Crippen LogP contribution in [0, 0.1) is 24.7 Å². The first-order valence-electron chi connectivity index (χ1n) is 13.6. The fourth-order valence-corrected chi connectivity index (χ4v) is 7.52. The summed E-state index contributed by atoms with van der Waals surface area (Å²) in [5.74, 6) is 2.14. The highest BCUT2D eigenvalue weighted by atomic mass is 16.2. The first-order valence-corrected chi connectivity index (χ1v) is 13.6. The van der Waals surface area contributed by atoms with Gasteiger partial charge in [0.1, 0.15) is 5.69 Å². The van der Waals surface area contributed by atoms with Crippen LogP contribution in [0.15, 0.2) is 83.7 Å². The summed E-state index contributed by atoms with van der Waals surface area (Å²) in [6, 6.07) is 26.6. The van der Waals surface area contributed by atoms with E-state index in [2.05, 4.69) is 53.1 Å². The third-order valence-corrected chi connectivity index (χ3v) is 9.30. The van der Waals surface area contributed by atoms with Crippen LogP contribution >= 0.6 is 0 Å². The lowest BCUT2D eigenvalue weighted by Crippen LogP contribution is -2.35. The van der Waals surface area contributed by atoms with Gasteiger partial charge in [0.15, 0.2) is 0 Å². The number of para-hydroxylation sites is 1. The van der Waals surface area contributed by atoms with Crippen LogP contribution in [0.3, 0.4) is 0 Å². The van der Waals surface area contributed by atoms with Crippen LogP contribution in [-0.2, 0) is 7.05 Å². The SMILES string of the molecule is Cc1c(NC(=O)c2ccc3c(c2)[C@@H]2[C@@H]4CC[C@@H](C4)[C@@H]2[C@H](c2ccccc2)N3)c(=O)n(-c2ccccc2)n1C. The zero-order valence-electron chi connectivity index (χ0n) is 21.7. The summed E-state index contributed by atoms with van der Waals surface area (Å²) in [5, 5.41) is 6.79. The second-order valence-electron chi connectivity index (χ2n) is 11.2. The summed E-state index contributed by atoms with van der Waals surface area (Å²) in [7, 11) is 1.84. The molecule has 5 atom stereocenters. The Bertz CT molecular complexity index is 1590. The lowest BCUT2D eigenvalue weighted by atomic mass is 9.68. The molecule has 2 fully saturated rings. The average Bonchev–Trinajstić information content (AvgIpc) is 3.63. The number of nitrogens with one attached hydrogen (secondary N) is 2. The quantitative estimate of drug-likeness (QED) is 0.356. The Kier molecular flexibility index (Phi) is 5.32. The summed E-state index contributed by atoms with van der Waals surface area (Å²) < 4.78 is 3.37. The maximum Gasteiger partial charge on any atom is 0.295 e. The van der Waals surface area contributed by atoms with Crippen molar-refractivity contribution in [2.45, 2.75) is 38.1 Å². The second kappa shape index (κ2) is 8.76. The fraction of sp³-hybridized carbons (Fsp3) is 0.312. The van der Waals surface area contributed by atoms with E-state index in [9.17, 15) is 9.59 Å². The summed E-state index contributed by atoms with van der Waals surface area (Å²) in [4.78, 5) is 26.8. The smallest absolute Gasteiger partial charge is 0.295 e. The van der Waals surface area contributed by atoms with Gasteiger partial charge in [-0.15, -0.1) is 0 Å². The zero-order valence-corrected chi connectivity index (χ0v) is 21.7. The summed E-state index contributed by atoms with van der Waals surface area (Å²) >= 11 is 0. The molecule has 2 N–H and O–H groups in total. The Morgan fingerprint density at radius 3 is 2.42 bits per heavy atom. The van der Waals surface area contributed by atoms with Gasteiger partial charge in [-0.2, -0.15) is 0 Å². The number of fused-ring (bicyclic) bond motifs is 7. The molecule has 6 nitrogen and oxygen atoms in total. The standard InChI is InChI=1S/C32H32N4O2/c1-19-29(32(38)36(35(19)2)24-11-7-4-8-12-24)34-31(37)23-15-16-26-25(18-23)27-21-13-14-22(17-21)28(27)30(33-26)20-9-5-3-6-10-20/h3-12,15-16,18,21-22,27-28,30,33H,13-14,17H2,1-2H3,(H,34,37)/t21-,22+,27+,28+,30+/m1/s1. The van der Waals surface area contributed by atoms with E-state index in [0.29, 0.717) is 40.7 Å². The number of aromatic nitrogens is 2. The summed E-state index contributed by atoms with van der Waals surface area (Å²) in [5.41, 5.74) is 5.89. The first-order chi connectivity index (χ1) is 18.5. The van der Waals surface area contributed by atoms with Gasteiger partial charge in [0.2, 0.25) is 0 Å². The molecule has 2 heterocycles. The molecule has 7 rings (SSSR count). The number of rotatable bonds is 4. The van der Waals surface area contributed by atoms with E-state index >= 15 is 0 Å². The first kappa shape index (κ1) is 23.1. The van der Waals surface area contributed by atoms with Crippen molar-refractivity contribution < 1.29 is 4.79 Å². The fourth-order valence-electron chi connectivity index (χ4n) is 7.52. The molecule has 192 valence electrons. The van der Waals surface area contributed by atoms with Crippen molar-refractivity contribution in [2.24, 2.45) is 24.8 Å². The molecule has 2 saturated carbocycles. The van der Waals surface area contributed by atoms with Gasteiger partial charge in [-0.25, -0.2) is 4.68 Å². The molecule has 4 aromatic rings. The topological polar surface area (TPSA) is 68.1 Å². The van der Waals surface area contributed by atoms with E-state index in [1.165, 1.54) is 30.4 Å². The maximum absolute atomic E-state index is 13.5. The third kappa shape index (κ3) is 3.46. The molecule has 3 aromatic carbocycles. The molecule has 1 aromatic heterocycles. The van der Waals surface area contributed by atoms with Crippen LogP contribution in [0.4, 0.5) is 11.4 Å². The van der Waals surface area contributed by atoms with Crippen molar-refractivity contribution in [3.63, 3.8) is 0 Å². The monoisotopic (exact) mass is 504 g/mol. The molecule has 1 aliphatic heterocycles. The van der Waals surface area contributed by atoms with Gasteiger partial charge >= 0.3 is 0 Å². The molecule has 6 heteroatoms. The molecule has 0 unspecified atom stereocenters. The van der Waals surface area contributed by atoms with Crippen LogP contribution in [-0.4, -0.2) is 15.3 Å². The number of nitrogens with zero attached hydrogens (tertiary/aromatic N) is 2. The van der Waals surface area contributed by atoms with Crippen LogP contribution in [0.2, 0.25) is 0 Å². The minimum absolute atomic E-state index is 0.233. The minimum atomic E-state index is -0.247. The molecule has 0 saturated heterocycles. The minimum Gasteiger partial charge on any atom is -0.378 e. The third-order valence-electron chi connectivity index (χ3n) is 9.30. The second-order valence-corrected chi connectivity index (χ2v) is 11.2. The number of benzene rings is 3.